The number of hydrogen-bond donors (Lipinski definition) is 0. The van der Waals surface area contributed by atoms with Crippen molar-refractivity contribution in [2.24, 2.45) is 23.2 Å². The van der Waals surface area contributed by atoms with Gasteiger partial charge in [0.05, 0.1) is 0 Å². The van der Waals surface area contributed by atoms with Crippen LogP contribution in [0, 0.1) is 23.2 Å². The molecule has 0 heterocycles. The molecule has 0 radical (unpaired) electrons. The highest BCUT2D eigenvalue weighted by Crippen LogP contribution is 2.59. The van der Waals surface area contributed by atoms with Crippen LogP contribution < -0.4 is 0 Å². The van der Waals surface area contributed by atoms with Crippen molar-refractivity contribution in [2.45, 2.75) is 65.2 Å². The fourth-order valence-corrected chi connectivity index (χ4v) is 4.82. The first-order chi connectivity index (χ1) is 8.59. The van der Waals surface area contributed by atoms with Crippen LogP contribution in [0.1, 0.15) is 65.2 Å². The lowest BCUT2D eigenvalue weighted by Crippen LogP contribution is -2.35. The molecule has 0 bridgehead atoms. The van der Waals surface area contributed by atoms with Gasteiger partial charge in [0.25, 0.3) is 0 Å². The van der Waals surface area contributed by atoms with Gasteiger partial charge in [-0.15, -0.1) is 0 Å². The van der Waals surface area contributed by atoms with E-state index in [1.165, 1.54) is 44.1 Å². The monoisotopic (exact) mass is 248 g/mol. The number of unbranched alkanes of at least 4 members (excludes halogenated alkanes) is 1. The quantitative estimate of drug-likeness (QED) is 0.389. The Bertz CT molecular complexity index is 320. The van der Waals surface area contributed by atoms with Gasteiger partial charge in [-0.05, 0) is 61.7 Å². The van der Waals surface area contributed by atoms with E-state index in [2.05, 4.69) is 20.4 Å². The second kappa shape index (κ2) is 5.59. The number of carbonyl (C=O) groups excluding carboxylic acids is 1. The fourth-order valence-electron chi connectivity index (χ4n) is 4.82. The van der Waals surface area contributed by atoms with Crippen LogP contribution in [0.15, 0.2) is 12.2 Å². The first-order valence-corrected chi connectivity index (χ1v) is 7.71. The normalized spacial score (nSPS) is 37.3. The van der Waals surface area contributed by atoms with Gasteiger partial charge in [-0.25, -0.2) is 0 Å². The maximum Gasteiger partial charge on any atom is 0.119 e. The molecule has 2 fully saturated rings. The molecule has 1 heteroatoms. The lowest BCUT2D eigenvalue weighted by molar-refractivity contribution is -0.108. The number of allylic oxidation sites excluding steroid dienone is 1. The number of fused-ring (bicyclic) bond motifs is 1. The minimum atomic E-state index is 0.510. The summed E-state index contributed by atoms with van der Waals surface area (Å²) in [6.45, 7) is 9.24. The van der Waals surface area contributed by atoms with E-state index in [9.17, 15) is 4.79 Å². The van der Waals surface area contributed by atoms with Crippen molar-refractivity contribution in [3.8, 4) is 0 Å². The molecular formula is C17H28O. The van der Waals surface area contributed by atoms with Crippen LogP contribution in [0.5, 0.6) is 0 Å². The summed E-state index contributed by atoms with van der Waals surface area (Å²) < 4.78 is 0. The highest BCUT2D eigenvalue weighted by Gasteiger charge is 2.49. The molecule has 0 aromatic rings. The third-order valence-electron chi connectivity index (χ3n) is 5.78. The van der Waals surface area contributed by atoms with Crippen molar-refractivity contribution in [3.63, 3.8) is 0 Å². The van der Waals surface area contributed by atoms with Gasteiger partial charge >= 0.3 is 0 Å². The van der Waals surface area contributed by atoms with Gasteiger partial charge in [0.2, 0.25) is 0 Å². The van der Waals surface area contributed by atoms with E-state index >= 15 is 0 Å². The average Bonchev–Trinajstić information content (AvgIpc) is 2.68. The Kier molecular flexibility index (Phi) is 4.29. The first-order valence-electron chi connectivity index (χ1n) is 7.71. The second-order valence-corrected chi connectivity index (χ2v) is 6.83. The summed E-state index contributed by atoms with van der Waals surface area (Å²) in [5.74, 6) is 2.40. The topological polar surface area (TPSA) is 17.1 Å². The van der Waals surface area contributed by atoms with Crippen LogP contribution in [0.4, 0.5) is 0 Å². The molecule has 2 saturated carbocycles. The summed E-state index contributed by atoms with van der Waals surface area (Å²) in [7, 11) is 0. The Morgan fingerprint density at radius 3 is 3.00 bits per heavy atom. The van der Waals surface area contributed by atoms with Gasteiger partial charge < -0.3 is 4.79 Å². The summed E-state index contributed by atoms with van der Waals surface area (Å²) in [5.41, 5.74) is 2.03. The largest absolute Gasteiger partial charge is 0.303 e. The molecule has 1 nitrogen and oxygen atoms in total. The smallest absolute Gasteiger partial charge is 0.119 e. The molecule has 0 aromatic carbocycles. The number of aldehydes is 1. The zero-order valence-corrected chi connectivity index (χ0v) is 12.1. The van der Waals surface area contributed by atoms with Gasteiger partial charge in [0.1, 0.15) is 6.29 Å². The predicted octanol–water partition coefficient (Wildman–Crippen LogP) is 4.76. The molecule has 2 rings (SSSR count). The number of carbonyl (C=O) groups is 1. The van der Waals surface area contributed by atoms with Crippen molar-refractivity contribution in [3.05, 3.63) is 12.2 Å². The zero-order valence-electron chi connectivity index (χ0n) is 12.1. The lowest BCUT2D eigenvalue weighted by Gasteiger charge is -2.44. The standard InChI is InChI=1S/C17H28O/c1-13(7-4-5-12-18)15-9-10-16-14(2)8-6-11-17(15,16)3/h12-13,15-16H,2,4-11H2,1,3H3/t13-,15+,16?,17+/m0/s1. The van der Waals surface area contributed by atoms with Crippen LogP contribution in [0.25, 0.3) is 0 Å². The van der Waals surface area contributed by atoms with Crippen LogP contribution in [0.2, 0.25) is 0 Å². The Morgan fingerprint density at radius 2 is 2.28 bits per heavy atom. The van der Waals surface area contributed by atoms with E-state index in [1.54, 1.807) is 0 Å². The molecule has 0 amide bonds. The summed E-state index contributed by atoms with van der Waals surface area (Å²) in [6.07, 6.45) is 10.8. The Balaban J connectivity index is 2.01. The van der Waals surface area contributed by atoms with E-state index in [1.807, 2.05) is 0 Å². The third-order valence-corrected chi connectivity index (χ3v) is 5.78. The van der Waals surface area contributed by atoms with Crippen molar-refractivity contribution in [2.75, 3.05) is 0 Å². The molecule has 4 atom stereocenters. The van der Waals surface area contributed by atoms with Crippen LogP contribution in [-0.4, -0.2) is 6.29 Å². The van der Waals surface area contributed by atoms with E-state index in [4.69, 9.17) is 0 Å². The lowest BCUT2D eigenvalue weighted by atomic mass is 9.61. The average molecular weight is 248 g/mol. The van der Waals surface area contributed by atoms with Crippen molar-refractivity contribution >= 4 is 6.29 Å². The molecule has 0 saturated heterocycles. The molecule has 1 unspecified atom stereocenters. The molecule has 0 aliphatic heterocycles. The number of hydrogen-bond acceptors (Lipinski definition) is 1. The Morgan fingerprint density at radius 1 is 1.50 bits per heavy atom. The molecular weight excluding hydrogens is 220 g/mol. The van der Waals surface area contributed by atoms with Crippen molar-refractivity contribution in [1.29, 1.82) is 0 Å². The van der Waals surface area contributed by atoms with Gasteiger partial charge in [0, 0.05) is 6.42 Å². The van der Waals surface area contributed by atoms with E-state index in [0.29, 0.717) is 5.41 Å². The minimum Gasteiger partial charge on any atom is -0.303 e. The summed E-state index contributed by atoms with van der Waals surface area (Å²) in [6, 6.07) is 0. The Labute approximate surface area is 112 Å². The molecule has 2 aliphatic carbocycles. The molecule has 0 aromatic heterocycles. The summed E-state index contributed by atoms with van der Waals surface area (Å²) in [5, 5.41) is 0. The van der Waals surface area contributed by atoms with Gasteiger partial charge in [-0.2, -0.15) is 0 Å². The van der Waals surface area contributed by atoms with Gasteiger partial charge in [0.15, 0.2) is 0 Å². The highest BCUT2D eigenvalue weighted by atomic mass is 16.1. The maximum absolute atomic E-state index is 10.4. The predicted molar refractivity (Wildman–Crippen MR) is 76.4 cm³/mol. The zero-order chi connectivity index (χ0) is 13.2. The summed E-state index contributed by atoms with van der Waals surface area (Å²) in [4.78, 5) is 10.4. The third kappa shape index (κ3) is 2.41. The molecule has 18 heavy (non-hydrogen) atoms. The molecule has 0 N–H and O–H groups in total. The second-order valence-electron chi connectivity index (χ2n) is 6.83. The molecule has 102 valence electrons. The van der Waals surface area contributed by atoms with Crippen LogP contribution >= 0.6 is 0 Å². The van der Waals surface area contributed by atoms with Crippen LogP contribution in [0.3, 0.4) is 0 Å². The fraction of sp³-hybridized carbons (Fsp3) is 0.824. The molecule has 2 aliphatic rings. The van der Waals surface area contributed by atoms with Crippen molar-refractivity contribution < 1.29 is 4.79 Å². The summed E-state index contributed by atoms with van der Waals surface area (Å²) >= 11 is 0. The molecule has 0 spiro atoms. The van der Waals surface area contributed by atoms with E-state index in [0.717, 1.165) is 36.9 Å². The minimum absolute atomic E-state index is 0.510. The van der Waals surface area contributed by atoms with Gasteiger partial charge in [-0.3, -0.25) is 0 Å². The number of rotatable bonds is 5. The highest BCUT2D eigenvalue weighted by molar-refractivity contribution is 5.48. The first kappa shape index (κ1) is 13.8. The Hall–Kier alpha value is -0.590. The van der Waals surface area contributed by atoms with E-state index < -0.39 is 0 Å². The van der Waals surface area contributed by atoms with E-state index in [-0.39, 0.29) is 0 Å². The van der Waals surface area contributed by atoms with Crippen molar-refractivity contribution in [1.82, 2.24) is 0 Å². The van der Waals surface area contributed by atoms with Crippen LogP contribution in [-0.2, 0) is 4.79 Å². The van der Waals surface area contributed by atoms with Gasteiger partial charge in [-0.1, -0.05) is 32.4 Å². The maximum atomic E-state index is 10.4. The SMILES string of the molecule is C=C1CCC[C@@]2(C)C1CC[C@@H]2[C@@H](C)CCCC=O.